The summed E-state index contributed by atoms with van der Waals surface area (Å²) in [7, 11) is 0. The molecular weight excluding hydrogens is 334 g/mol. The molecular formula is C19H27N3O4. The number of carbonyl (C=O) groups excluding carboxylic acids is 3. The highest BCUT2D eigenvalue weighted by atomic mass is 16.5. The van der Waals surface area contributed by atoms with Gasteiger partial charge in [0.05, 0.1) is 13.2 Å². The number of ether oxygens (including phenoxy) is 1. The summed E-state index contributed by atoms with van der Waals surface area (Å²) >= 11 is 0. The lowest BCUT2D eigenvalue weighted by molar-refractivity contribution is -0.134. The van der Waals surface area contributed by atoms with E-state index >= 15 is 0 Å². The van der Waals surface area contributed by atoms with Gasteiger partial charge in [-0.3, -0.25) is 14.5 Å². The number of aryl methyl sites for hydroxylation is 1. The Labute approximate surface area is 153 Å². The molecule has 1 aromatic rings. The zero-order valence-corrected chi connectivity index (χ0v) is 15.8. The molecule has 0 unspecified atom stereocenters. The van der Waals surface area contributed by atoms with Gasteiger partial charge in [-0.2, -0.15) is 0 Å². The first kappa shape index (κ1) is 18.6. The molecule has 142 valence electrons. The molecule has 0 radical (unpaired) electrons. The number of piperazine rings is 1. The first-order chi connectivity index (χ1) is 12.4. The van der Waals surface area contributed by atoms with Crippen LogP contribution in [0.2, 0.25) is 0 Å². The van der Waals surface area contributed by atoms with Gasteiger partial charge in [0.2, 0.25) is 5.91 Å². The van der Waals surface area contributed by atoms with Gasteiger partial charge in [0.25, 0.3) is 0 Å². The summed E-state index contributed by atoms with van der Waals surface area (Å²) in [5, 5.41) is 0. The molecule has 1 aliphatic carbocycles. The molecule has 1 amide bonds. The van der Waals surface area contributed by atoms with Crippen LogP contribution in [0.5, 0.6) is 0 Å². The van der Waals surface area contributed by atoms with Crippen molar-refractivity contribution >= 4 is 17.7 Å². The Morgan fingerprint density at radius 1 is 1.12 bits per heavy atom. The predicted molar refractivity (Wildman–Crippen MR) is 96.3 cm³/mol. The highest BCUT2D eigenvalue weighted by Gasteiger charge is 2.35. The van der Waals surface area contributed by atoms with Gasteiger partial charge in [0, 0.05) is 43.4 Å². The van der Waals surface area contributed by atoms with Crippen LogP contribution in [0.3, 0.4) is 0 Å². The summed E-state index contributed by atoms with van der Waals surface area (Å²) < 4.78 is 5.04. The number of amides is 1. The standard InChI is InChI=1S/C19H27N3O4/c1-4-26-19(25)17-12(2)16(13(3)20-17)15(23)11-21-7-9-22(10-8-21)18(24)14-5-6-14/h14,20H,4-11H2,1-3H3. The van der Waals surface area contributed by atoms with Crippen molar-refractivity contribution < 1.29 is 19.1 Å². The molecule has 1 N–H and O–H groups in total. The quantitative estimate of drug-likeness (QED) is 0.614. The van der Waals surface area contributed by atoms with Crippen LogP contribution in [0.1, 0.15) is 51.9 Å². The van der Waals surface area contributed by atoms with Gasteiger partial charge in [-0.15, -0.1) is 0 Å². The number of aromatic nitrogens is 1. The van der Waals surface area contributed by atoms with E-state index in [0.29, 0.717) is 61.8 Å². The highest BCUT2D eigenvalue weighted by Crippen LogP contribution is 2.31. The number of esters is 1. The fourth-order valence-electron chi connectivity index (χ4n) is 3.57. The maximum Gasteiger partial charge on any atom is 0.355 e. The van der Waals surface area contributed by atoms with Crippen molar-refractivity contribution in [2.45, 2.75) is 33.6 Å². The molecule has 1 aromatic heterocycles. The highest BCUT2D eigenvalue weighted by molar-refractivity contribution is 6.03. The molecule has 7 nitrogen and oxygen atoms in total. The average Bonchev–Trinajstić information content (AvgIpc) is 3.40. The normalized spacial score (nSPS) is 18.0. The summed E-state index contributed by atoms with van der Waals surface area (Å²) in [5.74, 6) is 0.0788. The summed E-state index contributed by atoms with van der Waals surface area (Å²) in [5.41, 5.74) is 2.27. The van der Waals surface area contributed by atoms with Crippen molar-refractivity contribution in [3.05, 3.63) is 22.5 Å². The Hall–Kier alpha value is -2.15. The van der Waals surface area contributed by atoms with Crippen molar-refractivity contribution in [1.29, 1.82) is 0 Å². The third-order valence-corrected chi connectivity index (χ3v) is 5.17. The SMILES string of the molecule is CCOC(=O)c1[nH]c(C)c(C(=O)CN2CCN(C(=O)C3CC3)CC2)c1C. The van der Waals surface area contributed by atoms with Crippen LogP contribution in [0.4, 0.5) is 0 Å². The fourth-order valence-corrected chi connectivity index (χ4v) is 3.57. The molecule has 0 atom stereocenters. The monoisotopic (exact) mass is 361 g/mol. The van der Waals surface area contributed by atoms with Crippen LogP contribution in [-0.4, -0.2) is 71.8 Å². The van der Waals surface area contributed by atoms with Gasteiger partial charge < -0.3 is 14.6 Å². The minimum atomic E-state index is -0.431. The topological polar surface area (TPSA) is 82.7 Å². The summed E-state index contributed by atoms with van der Waals surface area (Å²) in [6, 6.07) is 0. The zero-order chi connectivity index (χ0) is 18.8. The van der Waals surface area contributed by atoms with Crippen LogP contribution in [0, 0.1) is 19.8 Å². The van der Waals surface area contributed by atoms with Crippen molar-refractivity contribution in [1.82, 2.24) is 14.8 Å². The molecule has 7 heteroatoms. The van der Waals surface area contributed by atoms with E-state index in [0.717, 1.165) is 12.8 Å². The van der Waals surface area contributed by atoms with E-state index in [9.17, 15) is 14.4 Å². The first-order valence-corrected chi connectivity index (χ1v) is 9.33. The van der Waals surface area contributed by atoms with E-state index in [1.54, 1.807) is 20.8 Å². The second-order valence-corrected chi connectivity index (χ2v) is 7.14. The van der Waals surface area contributed by atoms with Crippen molar-refractivity contribution in [2.75, 3.05) is 39.3 Å². The van der Waals surface area contributed by atoms with Crippen LogP contribution in [0.25, 0.3) is 0 Å². The lowest BCUT2D eigenvalue weighted by Crippen LogP contribution is -2.50. The largest absolute Gasteiger partial charge is 0.461 e. The van der Waals surface area contributed by atoms with Gasteiger partial charge >= 0.3 is 5.97 Å². The van der Waals surface area contributed by atoms with Gasteiger partial charge in [-0.05, 0) is 39.2 Å². The number of H-pyrrole nitrogens is 1. The molecule has 1 aliphatic heterocycles. The minimum Gasteiger partial charge on any atom is -0.461 e. The van der Waals surface area contributed by atoms with Crippen LogP contribution in [-0.2, 0) is 9.53 Å². The summed E-state index contributed by atoms with van der Waals surface area (Å²) in [6.07, 6.45) is 2.04. The molecule has 2 heterocycles. The van der Waals surface area contributed by atoms with Crippen molar-refractivity contribution in [3.63, 3.8) is 0 Å². The smallest absolute Gasteiger partial charge is 0.355 e. The molecule has 0 spiro atoms. The molecule has 1 saturated carbocycles. The van der Waals surface area contributed by atoms with Crippen LogP contribution < -0.4 is 0 Å². The third-order valence-electron chi connectivity index (χ3n) is 5.17. The number of aromatic amines is 1. The van der Waals surface area contributed by atoms with Crippen molar-refractivity contribution in [2.24, 2.45) is 5.92 Å². The molecule has 2 aliphatic rings. The number of nitrogens with one attached hydrogen (secondary N) is 1. The first-order valence-electron chi connectivity index (χ1n) is 9.33. The number of carbonyl (C=O) groups is 3. The Morgan fingerprint density at radius 2 is 1.77 bits per heavy atom. The number of rotatable bonds is 6. The van der Waals surface area contributed by atoms with Gasteiger partial charge in [0.1, 0.15) is 5.69 Å². The van der Waals surface area contributed by atoms with Gasteiger partial charge in [-0.1, -0.05) is 0 Å². The van der Waals surface area contributed by atoms with E-state index in [1.807, 2.05) is 4.90 Å². The second-order valence-electron chi connectivity index (χ2n) is 7.14. The molecule has 0 bridgehead atoms. The van der Waals surface area contributed by atoms with Crippen LogP contribution >= 0.6 is 0 Å². The van der Waals surface area contributed by atoms with Gasteiger partial charge in [0.15, 0.2) is 5.78 Å². The number of ketones is 1. The summed E-state index contributed by atoms with van der Waals surface area (Å²) in [4.78, 5) is 43.9. The maximum absolute atomic E-state index is 12.8. The van der Waals surface area contributed by atoms with E-state index < -0.39 is 5.97 Å². The lowest BCUT2D eigenvalue weighted by atomic mass is 10.0. The van der Waals surface area contributed by atoms with E-state index in [1.165, 1.54) is 0 Å². The van der Waals surface area contributed by atoms with Gasteiger partial charge in [-0.25, -0.2) is 4.79 Å². The number of Topliss-reactive ketones (excluding diaryl/α,β-unsaturated/α-hetero) is 1. The Bertz CT molecular complexity index is 713. The van der Waals surface area contributed by atoms with Crippen molar-refractivity contribution in [3.8, 4) is 0 Å². The zero-order valence-electron chi connectivity index (χ0n) is 15.8. The molecule has 26 heavy (non-hydrogen) atoms. The van der Waals surface area contributed by atoms with E-state index in [2.05, 4.69) is 9.88 Å². The van der Waals surface area contributed by atoms with E-state index in [4.69, 9.17) is 4.74 Å². The number of nitrogens with zero attached hydrogens (tertiary/aromatic N) is 2. The molecule has 0 aromatic carbocycles. The molecule has 2 fully saturated rings. The van der Waals surface area contributed by atoms with Crippen LogP contribution in [0.15, 0.2) is 0 Å². The molecule has 3 rings (SSSR count). The average molecular weight is 361 g/mol. The Balaban J connectivity index is 1.60. The lowest BCUT2D eigenvalue weighted by Gasteiger charge is -2.34. The minimum absolute atomic E-state index is 0.00577. The maximum atomic E-state index is 12.8. The number of hydrogen-bond acceptors (Lipinski definition) is 5. The second kappa shape index (κ2) is 7.61. The molecule has 1 saturated heterocycles. The third kappa shape index (κ3) is 3.82. The Morgan fingerprint density at radius 3 is 2.35 bits per heavy atom. The Kier molecular flexibility index (Phi) is 5.46. The predicted octanol–water partition coefficient (Wildman–Crippen LogP) is 1.55. The van der Waals surface area contributed by atoms with E-state index in [-0.39, 0.29) is 17.6 Å². The fraction of sp³-hybridized carbons (Fsp3) is 0.632. The summed E-state index contributed by atoms with van der Waals surface area (Å²) in [6.45, 7) is 8.70. The number of hydrogen-bond donors (Lipinski definition) is 1.